The number of hydrogen-bond acceptors (Lipinski definition) is 3. The molecule has 0 bridgehead atoms. The van der Waals surface area contributed by atoms with Gasteiger partial charge >= 0.3 is 0 Å². The van der Waals surface area contributed by atoms with Crippen LogP contribution in [0.3, 0.4) is 0 Å². The van der Waals surface area contributed by atoms with E-state index < -0.39 is 0 Å². The quantitative estimate of drug-likeness (QED) is 0.449. The summed E-state index contributed by atoms with van der Waals surface area (Å²) in [4.78, 5) is 4.20. The van der Waals surface area contributed by atoms with Crippen LogP contribution in [-0.2, 0) is 11.3 Å². The lowest BCUT2D eigenvalue weighted by Crippen LogP contribution is -2.41. The fourth-order valence-electron chi connectivity index (χ4n) is 2.12. The predicted molar refractivity (Wildman–Crippen MR) is 75.2 cm³/mol. The third-order valence-electron chi connectivity index (χ3n) is 3.16. The molecular formula is C13H23N5O. The van der Waals surface area contributed by atoms with Crippen LogP contribution in [0.15, 0.2) is 23.5 Å². The monoisotopic (exact) mass is 265 g/mol. The Morgan fingerprint density at radius 2 is 2.47 bits per heavy atom. The molecule has 19 heavy (non-hydrogen) atoms. The van der Waals surface area contributed by atoms with Gasteiger partial charge in [0.15, 0.2) is 5.96 Å². The average molecular weight is 265 g/mol. The van der Waals surface area contributed by atoms with Crippen LogP contribution in [0.2, 0.25) is 0 Å². The molecule has 1 saturated heterocycles. The van der Waals surface area contributed by atoms with Gasteiger partial charge in [0, 0.05) is 45.7 Å². The van der Waals surface area contributed by atoms with E-state index in [0.29, 0.717) is 6.10 Å². The van der Waals surface area contributed by atoms with Gasteiger partial charge in [0.25, 0.3) is 0 Å². The van der Waals surface area contributed by atoms with Gasteiger partial charge in [-0.05, 0) is 25.3 Å². The molecule has 0 aliphatic carbocycles. The van der Waals surface area contributed by atoms with E-state index in [4.69, 9.17) is 4.74 Å². The summed E-state index contributed by atoms with van der Waals surface area (Å²) in [6.45, 7) is 3.52. The Balaban J connectivity index is 1.57. The zero-order chi connectivity index (χ0) is 13.3. The maximum Gasteiger partial charge on any atom is 0.191 e. The highest BCUT2D eigenvalue weighted by molar-refractivity contribution is 5.79. The molecule has 2 heterocycles. The number of rotatable bonds is 6. The van der Waals surface area contributed by atoms with Crippen molar-refractivity contribution in [3.63, 3.8) is 0 Å². The second-order valence-electron chi connectivity index (χ2n) is 4.64. The van der Waals surface area contributed by atoms with E-state index in [-0.39, 0.29) is 0 Å². The van der Waals surface area contributed by atoms with E-state index in [0.717, 1.165) is 45.0 Å². The molecule has 1 aliphatic heterocycles. The van der Waals surface area contributed by atoms with Crippen molar-refractivity contribution in [2.75, 3.05) is 26.7 Å². The second kappa shape index (κ2) is 7.78. The van der Waals surface area contributed by atoms with Crippen LogP contribution in [0.1, 0.15) is 19.3 Å². The molecule has 1 fully saturated rings. The third kappa shape index (κ3) is 4.90. The summed E-state index contributed by atoms with van der Waals surface area (Å²) < 4.78 is 7.50. The molecule has 6 nitrogen and oxygen atoms in total. The number of aromatic nitrogens is 2. The number of nitrogens with zero attached hydrogens (tertiary/aromatic N) is 3. The minimum Gasteiger partial charge on any atom is -0.376 e. The van der Waals surface area contributed by atoms with Gasteiger partial charge in [-0.3, -0.25) is 9.67 Å². The number of hydrogen-bond donors (Lipinski definition) is 2. The van der Waals surface area contributed by atoms with E-state index in [1.807, 2.05) is 16.9 Å². The molecule has 2 rings (SSSR count). The minimum atomic E-state index is 0.336. The van der Waals surface area contributed by atoms with Gasteiger partial charge in [-0.25, -0.2) is 0 Å². The lowest BCUT2D eigenvalue weighted by Gasteiger charge is -2.14. The summed E-state index contributed by atoms with van der Waals surface area (Å²) >= 11 is 0. The molecular weight excluding hydrogens is 242 g/mol. The van der Waals surface area contributed by atoms with Crippen molar-refractivity contribution in [3.05, 3.63) is 18.5 Å². The van der Waals surface area contributed by atoms with Crippen molar-refractivity contribution in [2.45, 2.75) is 31.9 Å². The van der Waals surface area contributed by atoms with Gasteiger partial charge in [0.05, 0.1) is 6.10 Å². The van der Waals surface area contributed by atoms with Crippen LogP contribution in [0, 0.1) is 0 Å². The van der Waals surface area contributed by atoms with Gasteiger partial charge in [0.1, 0.15) is 0 Å². The maximum atomic E-state index is 5.57. The average Bonchev–Trinajstić information content (AvgIpc) is 3.11. The van der Waals surface area contributed by atoms with Crippen molar-refractivity contribution in [1.29, 1.82) is 0 Å². The molecule has 0 saturated carbocycles. The lowest BCUT2D eigenvalue weighted by molar-refractivity contribution is 0.114. The summed E-state index contributed by atoms with van der Waals surface area (Å²) in [7, 11) is 1.79. The van der Waals surface area contributed by atoms with Crippen molar-refractivity contribution in [3.8, 4) is 0 Å². The van der Waals surface area contributed by atoms with E-state index in [2.05, 4.69) is 20.7 Å². The first kappa shape index (κ1) is 13.9. The molecule has 1 unspecified atom stereocenters. The Hall–Kier alpha value is -1.56. The molecule has 2 N–H and O–H groups in total. The smallest absolute Gasteiger partial charge is 0.191 e. The van der Waals surface area contributed by atoms with Gasteiger partial charge in [-0.2, -0.15) is 5.10 Å². The number of aryl methyl sites for hydroxylation is 1. The van der Waals surface area contributed by atoms with E-state index in [9.17, 15) is 0 Å². The normalized spacial score (nSPS) is 19.6. The molecule has 0 spiro atoms. The Morgan fingerprint density at radius 3 is 3.16 bits per heavy atom. The van der Waals surface area contributed by atoms with Crippen molar-refractivity contribution >= 4 is 5.96 Å². The van der Waals surface area contributed by atoms with Crippen LogP contribution < -0.4 is 10.6 Å². The fraction of sp³-hybridized carbons (Fsp3) is 0.692. The minimum absolute atomic E-state index is 0.336. The van der Waals surface area contributed by atoms with Crippen LogP contribution in [0.4, 0.5) is 0 Å². The highest BCUT2D eigenvalue weighted by Gasteiger charge is 2.15. The largest absolute Gasteiger partial charge is 0.376 e. The van der Waals surface area contributed by atoms with Crippen LogP contribution in [0.25, 0.3) is 0 Å². The highest BCUT2D eigenvalue weighted by atomic mass is 16.5. The second-order valence-corrected chi connectivity index (χ2v) is 4.64. The Kier molecular flexibility index (Phi) is 5.68. The van der Waals surface area contributed by atoms with Crippen LogP contribution in [-0.4, -0.2) is 48.6 Å². The van der Waals surface area contributed by atoms with Crippen LogP contribution in [0.5, 0.6) is 0 Å². The van der Waals surface area contributed by atoms with Crippen molar-refractivity contribution in [1.82, 2.24) is 20.4 Å². The van der Waals surface area contributed by atoms with Gasteiger partial charge in [0.2, 0.25) is 0 Å². The summed E-state index contributed by atoms with van der Waals surface area (Å²) in [5.74, 6) is 0.843. The number of guanidine groups is 1. The van der Waals surface area contributed by atoms with Gasteiger partial charge in [-0.15, -0.1) is 0 Å². The SMILES string of the molecule is CN=C(NCCCn1cccn1)NCC1CCCO1. The third-order valence-corrected chi connectivity index (χ3v) is 3.16. The zero-order valence-electron chi connectivity index (χ0n) is 11.5. The van der Waals surface area contributed by atoms with Crippen LogP contribution >= 0.6 is 0 Å². The molecule has 0 aromatic carbocycles. The summed E-state index contributed by atoms with van der Waals surface area (Å²) in [5.41, 5.74) is 0. The molecule has 1 aromatic heterocycles. The first-order chi connectivity index (χ1) is 9.38. The molecule has 106 valence electrons. The molecule has 0 amide bonds. The van der Waals surface area contributed by atoms with E-state index in [1.54, 1.807) is 13.2 Å². The molecule has 0 radical (unpaired) electrons. The van der Waals surface area contributed by atoms with Gasteiger partial charge in [-0.1, -0.05) is 0 Å². The lowest BCUT2D eigenvalue weighted by atomic mass is 10.2. The van der Waals surface area contributed by atoms with E-state index >= 15 is 0 Å². The Labute approximate surface area is 114 Å². The maximum absolute atomic E-state index is 5.57. The molecule has 1 aromatic rings. The molecule has 6 heteroatoms. The number of nitrogens with one attached hydrogen (secondary N) is 2. The predicted octanol–water partition coefficient (Wildman–Crippen LogP) is 0.617. The van der Waals surface area contributed by atoms with E-state index in [1.165, 1.54) is 6.42 Å². The first-order valence-electron chi connectivity index (χ1n) is 6.92. The molecule has 1 atom stereocenters. The standard InChI is InChI=1S/C13H23N5O/c1-14-13(16-11-12-5-2-10-19-12)15-6-3-8-18-9-4-7-17-18/h4,7,9,12H,2-3,5-6,8,10-11H2,1H3,(H2,14,15,16). The zero-order valence-corrected chi connectivity index (χ0v) is 11.5. The Bertz CT molecular complexity index is 370. The van der Waals surface area contributed by atoms with Gasteiger partial charge < -0.3 is 15.4 Å². The van der Waals surface area contributed by atoms with Crippen molar-refractivity contribution < 1.29 is 4.74 Å². The number of aliphatic imine (C=N–C) groups is 1. The molecule has 1 aliphatic rings. The summed E-state index contributed by atoms with van der Waals surface area (Å²) in [5, 5.41) is 10.8. The number of ether oxygens (including phenoxy) is 1. The topological polar surface area (TPSA) is 63.5 Å². The highest BCUT2D eigenvalue weighted by Crippen LogP contribution is 2.10. The first-order valence-corrected chi connectivity index (χ1v) is 6.92. The Morgan fingerprint density at radius 1 is 1.53 bits per heavy atom. The summed E-state index contributed by atoms with van der Waals surface area (Å²) in [6.07, 6.45) is 7.44. The van der Waals surface area contributed by atoms with Crippen molar-refractivity contribution in [2.24, 2.45) is 4.99 Å². The fourth-order valence-corrected chi connectivity index (χ4v) is 2.12. The summed E-state index contributed by atoms with van der Waals surface area (Å²) in [6, 6.07) is 1.94.